The normalized spacial score (nSPS) is 11.8. The van der Waals surface area contributed by atoms with E-state index in [1.165, 1.54) is 17.8 Å². The number of carbonyl (C=O) groups excluding carboxylic acids is 2. The Morgan fingerprint density at radius 3 is 2.56 bits per heavy atom. The van der Waals surface area contributed by atoms with Crippen LogP contribution in [-0.2, 0) is 17.9 Å². The zero-order valence-corrected chi connectivity index (χ0v) is 20.0. The summed E-state index contributed by atoms with van der Waals surface area (Å²) in [7, 11) is 0. The molecule has 10 heteroatoms. The number of nitrogens with zero attached hydrogens (tertiary/aromatic N) is 3. The van der Waals surface area contributed by atoms with Crippen LogP contribution >= 0.6 is 35.0 Å². The molecular weight excluding hydrogens is 469 g/mol. The van der Waals surface area contributed by atoms with E-state index < -0.39 is 6.04 Å². The Kier molecular flexibility index (Phi) is 8.55. The fourth-order valence-corrected chi connectivity index (χ4v) is 4.35. The predicted octanol–water partition coefficient (Wildman–Crippen LogP) is 4.50. The Morgan fingerprint density at radius 2 is 1.88 bits per heavy atom. The van der Waals surface area contributed by atoms with E-state index in [0.29, 0.717) is 34.7 Å². The smallest absolute Gasteiger partial charge is 0.253 e. The maximum Gasteiger partial charge on any atom is 0.253 e. The highest BCUT2D eigenvalue weighted by Gasteiger charge is 2.21. The predicted molar refractivity (Wildman–Crippen MR) is 127 cm³/mol. The fraction of sp³-hybridized carbons (Fsp3) is 0.273. The average molecular weight is 492 g/mol. The van der Waals surface area contributed by atoms with E-state index >= 15 is 0 Å². The molecule has 0 aliphatic carbocycles. The van der Waals surface area contributed by atoms with Gasteiger partial charge in [-0.2, -0.15) is 0 Å². The van der Waals surface area contributed by atoms with Gasteiger partial charge < -0.3 is 15.2 Å². The Labute approximate surface area is 200 Å². The molecule has 0 radical (unpaired) electrons. The summed E-state index contributed by atoms with van der Waals surface area (Å²) < 4.78 is 1.88. The van der Waals surface area contributed by atoms with Gasteiger partial charge in [-0.1, -0.05) is 65.3 Å². The Bertz CT molecular complexity index is 1090. The molecule has 2 aromatic carbocycles. The molecule has 2 N–H and O–H groups in total. The number of halogens is 2. The lowest BCUT2D eigenvalue weighted by Crippen LogP contribution is -2.29. The number of thioether (sulfide) groups is 1. The Balaban J connectivity index is 1.59. The van der Waals surface area contributed by atoms with Gasteiger partial charge in [0.05, 0.1) is 22.4 Å². The van der Waals surface area contributed by atoms with Crippen molar-refractivity contribution in [2.24, 2.45) is 0 Å². The molecule has 1 heterocycles. The first-order chi connectivity index (χ1) is 15.4. The maximum absolute atomic E-state index is 12.6. The van der Waals surface area contributed by atoms with Crippen LogP contribution in [-0.4, -0.2) is 32.3 Å². The van der Waals surface area contributed by atoms with Crippen LogP contribution in [0.3, 0.4) is 0 Å². The number of hydrogen-bond donors (Lipinski definition) is 2. The number of amides is 2. The van der Waals surface area contributed by atoms with Gasteiger partial charge in [0.1, 0.15) is 0 Å². The molecule has 32 heavy (non-hydrogen) atoms. The molecule has 2 amide bonds. The van der Waals surface area contributed by atoms with Gasteiger partial charge in [-0.3, -0.25) is 9.59 Å². The lowest BCUT2D eigenvalue weighted by atomic mass is 10.2. The van der Waals surface area contributed by atoms with E-state index in [9.17, 15) is 9.59 Å². The van der Waals surface area contributed by atoms with Crippen molar-refractivity contribution in [1.29, 1.82) is 0 Å². The third-order valence-electron chi connectivity index (χ3n) is 4.64. The Hall–Kier alpha value is -2.55. The van der Waals surface area contributed by atoms with Crippen molar-refractivity contribution in [1.82, 2.24) is 25.4 Å². The van der Waals surface area contributed by atoms with Gasteiger partial charge in [-0.25, -0.2) is 0 Å². The molecule has 0 aliphatic rings. The van der Waals surface area contributed by atoms with Crippen molar-refractivity contribution < 1.29 is 9.59 Å². The van der Waals surface area contributed by atoms with E-state index in [1.807, 2.05) is 48.7 Å². The summed E-state index contributed by atoms with van der Waals surface area (Å²) in [4.78, 5) is 24.8. The fourth-order valence-electron chi connectivity index (χ4n) is 3.01. The molecule has 168 valence electrons. The average Bonchev–Trinajstić information content (AvgIpc) is 3.20. The second-order valence-corrected chi connectivity index (χ2v) is 8.74. The van der Waals surface area contributed by atoms with E-state index in [2.05, 4.69) is 20.8 Å². The van der Waals surface area contributed by atoms with E-state index in [0.717, 1.165) is 5.56 Å². The summed E-state index contributed by atoms with van der Waals surface area (Å²) in [5.74, 6) is 0.383. The largest absolute Gasteiger partial charge is 0.351 e. The third-order valence-corrected chi connectivity index (χ3v) is 6.15. The highest BCUT2D eigenvalue weighted by atomic mass is 35.5. The van der Waals surface area contributed by atoms with Crippen LogP contribution in [0.15, 0.2) is 53.7 Å². The van der Waals surface area contributed by atoms with Crippen molar-refractivity contribution >= 4 is 46.8 Å². The molecule has 0 spiro atoms. The molecule has 0 fully saturated rings. The quantitative estimate of drug-likeness (QED) is 0.430. The van der Waals surface area contributed by atoms with Gasteiger partial charge in [0, 0.05) is 18.1 Å². The second-order valence-electron chi connectivity index (χ2n) is 6.96. The summed E-state index contributed by atoms with van der Waals surface area (Å²) in [6.07, 6.45) is 0. The number of carbonyl (C=O) groups is 2. The van der Waals surface area contributed by atoms with Gasteiger partial charge >= 0.3 is 0 Å². The monoisotopic (exact) mass is 491 g/mol. The zero-order chi connectivity index (χ0) is 23.1. The SMILES string of the molecule is CCn1c(SCC(=O)NCc2ccccc2)nnc1C(C)NC(=O)c1ccc(Cl)cc1Cl. The summed E-state index contributed by atoms with van der Waals surface area (Å²) in [5, 5.41) is 15.6. The molecule has 7 nitrogen and oxygen atoms in total. The van der Waals surface area contributed by atoms with Crippen molar-refractivity contribution in [3.63, 3.8) is 0 Å². The molecule has 1 atom stereocenters. The van der Waals surface area contributed by atoms with Gasteiger partial charge in [0.25, 0.3) is 5.91 Å². The summed E-state index contributed by atoms with van der Waals surface area (Å²) in [6.45, 7) is 4.84. The van der Waals surface area contributed by atoms with Crippen LogP contribution < -0.4 is 10.6 Å². The van der Waals surface area contributed by atoms with Crippen LogP contribution in [0, 0.1) is 0 Å². The molecule has 3 rings (SSSR count). The van der Waals surface area contributed by atoms with E-state index in [4.69, 9.17) is 23.2 Å². The number of nitrogens with one attached hydrogen (secondary N) is 2. The summed E-state index contributed by atoms with van der Waals surface area (Å²) >= 11 is 13.3. The van der Waals surface area contributed by atoms with Crippen LogP contribution in [0.5, 0.6) is 0 Å². The zero-order valence-electron chi connectivity index (χ0n) is 17.6. The maximum atomic E-state index is 12.6. The number of benzene rings is 2. The minimum atomic E-state index is -0.414. The molecule has 0 aliphatic heterocycles. The van der Waals surface area contributed by atoms with Crippen LogP contribution in [0.1, 0.15) is 41.6 Å². The molecule has 1 unspecified atom stereocenters. The van der Waals surface area contributed by atoms with Crippen molar-refractivity contribution in [3.05, 3.63) is 75.5 Å². The Morgan fingerprint density at radius 1 is 1.12 bits per heavy atom. The van der Waals surface area contributed by atoms with Crippen molar-refractivity contribution in [2.75, 3.05) is 5.75 Å². The standard InChI is InChI=1S/C22H23Cl2N5O2S/c1-3-29-20(14(2)26-21(31)17-10-9-16(23)11-18(17)24)27-28-22(29)32-13-19(30)25-12-15-7-5-4-6-8-15/h4-11,14H,3,12-13H2,1-2H3,(H,25,30)(H,26,31). The first-order valence-corrected chi connectivity index (χ1v) is 11.8. The van der Waals surface area contributed by atoms with E-state index in [1.54, 1.807) is 12.1 Å². The van der Waals surface area contributed by atoms with Crippen LogP contribution in [0.25, 0.3) is 0 Å². The summed E-state index contributed by atoms with van der Waals surface area (Å²) in [6, 6.07) is 14.0. The minimum absolute atomic E-state index is 0.0928. The van der Waals surface area contributed by atoms with E-state index in [-0.39, 0.29) is 22.6 Å². The molecule has 3 aromatic rings. The third kappa shape index (κ3) is 6.25. The van der Waals surface area contributed by atoms with Crippen LogP contribution in [0.2, 0.25) is 10.0 Å². The summed E-state index contributed by atoms with van der Waals surface area (Å²) in [5.41, 5.74) is 1.37. The molecule has 0 bridgehead atoms. The highest BCUT2D eigenvalue weighted by Crippen LogP contribution is 2.23. The first-order valence-electron chi connectivity index (χ1n) is 10.0. The van der Waals surface area contributed by atoms with Gasteiger partial charge in [-0.15, -0.1) is 10.2 Å². The highest BCUT2D eigenvalue weighted by molar-refractivity contribution is 7.99. The first kappa shape index (κ1) is 24.1. The van der Waals surface area contributed by atoms with Gasteiger partial charge in [0.15, 0.2) is 11.0 Å². The van der Waals surface area contributed by atoms with Crippen molar-refractivity contribution in [3.8, 4) is 0 Å². The van der Waals surface area contributed by atoms with Crippen LogP contribution in [0.4, 0.5) is 0 Å². The number of rotatable bonds is 9. The second kappa shape index (κ2) is 11.4. The molecule has 1 aromatic heterocycles. The number of aromatic nitrogens is 3. The number of hydrogen-bond acceptors (Lipinski definition) is 5. The topological polar surface area (TPSA) is 88.9 Å². The van der Waals surface area contributed by atoms with Gasteiger partial charge in [0.2, 0.25) is 5.91 Å². The minimum Gasteiger partial charge on any atom is -0.351 e. The lowest BCUT2D eigenvalue weighted by Gasteiger charge is -2.15. The van der Waals surface area contributed by atoms with Gasteiger partial charge in [-0.05, 0) is 37.6 Å². The molecular formula is C22H23Cl2N5O2S. The molecule has 0 saturated carbocycles. The molecule has 0 saturated heterocycles. The lowest BCUT2D eigenvalue weighted by molar-refractivity contribution is -0.118. The van der Waals surface area contributed by atoms with Crippen molar-refractivity contribution in [2.45, 2.75) is 38.1 Å².